The summed E-state index contributed by atoms with van der Waals surface area (Å²) in [6.07, 6.45) is 12.0. The highest BCUT2D eigenvalue weighted by atomic mass is 16.1. The number of carbonyl (C=O) groups is 3. The smallest absolute Gasteiger partial charge is 0.166 e. The van der Waals surface area contributed by atoms with Crippen LogP contribution in [0.4, 0.5) is 0 Å². The molecule has 0 radical (unpaired) electrons. The van der Waals surface area contributed by atoms with Gasteiger partial charge in [0.15, 0.2) is 17.3 Å². The lowest BCUT2D eigenvalue weighted by Gasteiger charge is -2.39. The van der Waals surface area contributed by atoms with Crippen molar-refractivity contribution < 1.29 is 14.4 Å². The Morgan fingerprint density at radius 1 is 0.492 bits per heavy atom. The van der Waals surface area contributed by atoms with Crippen molar-refractivity contribution >= 4 is 35.6 Å². The normalized spacial score (nSPS) is 32.6. The molecule has 3 aromatic rings. The van der Waals surface area contributed by atoms with Crippen LogP contribution >= 0.6 is 0 Å². The van der Waals surface area contributed by atoms with Crippen molar-refractivity contribution in [2.24, 2.45) is 73.9 Å². The van der Waals surface area contributed by atoms with Crippen molar-refractivity contribution in [1.82, 2.24) is 0 Å². The van der Waals surface area contributed by atoms with Crippen LogP contribution in [0.5, 0.6) is 0 Å². The highest BCUT2D eigenvalue weighted by molar-refractivity contribution is 6.09. The number of allylic oxidation sites excluding steroid dienone is 3. The van der Waals surface area contributed by atoms with Gasteiger partial charge in [0.2, 0.25) is 0 Å². The standard InChI is InChI=1S/C21H28O.C20H26O.C17H20O.C4H10/c1-13(2)17-12-18-16(11-15-9-7-14(3)8-10-15)19(22)21(17,6)20(18,4)5;1-13(2)20-11-10-17(19(20,4)5)16(18(20)21)12-15-8-6-14(3)7-9-15;1-16(2)14-9-10-17(16,3)15(18)13(14)11-12-7-5-4-6-8-12;1-4(2)3/h7-11,13,17-18H,12H2,1-6H3;6-9,12-13,17H,10-11H2,1-5H3;4-8,11,14H,9-10H2,1-3H3;4H,1-3H3/b16-11+;16-12+;13-11+;. The van der Waals surface area contributed by atoms with Crippen LogP contribution in [0.3, 0.4) is 0 Å². The number of Topliss-reactive ketones (excluding diaryl/α,β-unsaturated/α-hetero) is 3. The zero-order valence-electron chi connectivity index (χ0n) is 43.5. The molecule has 0 heterocycles. The Bertz CT molecular complexity index is 2320. The van der Waals surface area contributed by atoms with Crippen LogP contribution in [0.2, 0.25) is 0 Å². The van der Waals surface area contributed by atoms with E-state index in [0.29, 0.717) is 52.9 Å². The minimum absolute atomic E-state index is 0.0650. The predicted molar refractivity (Wildman–Crippen MR) is 275 cm³/mol. The highest BCUT2D eigenvalue weighted by Crippen LogP contribution is 2.71. The van der Waals surface area contributed by atoms with Crippen molar-refractivity contribution in [2.45, 2.75) is 150 Å². The summed E-state index contributed by atoms with van der Waals surface area (Å²) in [7, 11) is 0. The number of aryl methyl sites for hydroxylation is 2. The van der Waals surface area contributed by atoms with E-state index in [4.69, 9.17) is 0 Å². The van der Waals surface area contributed by atoms with Gasteiger partial charge in [-0.3, -0.25) is 14.4 Å². The van der Waals surface area contributed by atoms with Gasteiger partial charge in [0.05, 0.1) is 0 Å². The molecule has 6 fully saturated rings. The molecule has 3 heteroatoms. The maximum atomic E-state index is 13.2. The van der Waals surface area contributed by atoms with Crippen molar-refractivity contribution in [3.8, 4) is 0 Å². The Labute approximate surface area is 395 Å². The van der Waals surface area contributed by atoms with E-state index < -0.39 is 0 Å². The second-order valence-electron chi connectivity index (χ2n) is 24.4. The number of carbonyl (C=O) groups excluding carboxylic acids is 3. The first-order valence-corrected chi connectivity index (χ1v) is 25.2. The predicted octanol–water partition coefficient (Wildman–Crippen LogP) is 16.1. The summed E-state index contributed by atoms with van der Waals surface area (Å²) >= 11 is 0. The van der Waals surface area contributed by atoms with E-state index in [1.807, 2.05) is 18.2 Å². The van der Waals surface area contributed by atoms with Gasteiger partial charge in [0.1, 0.15) is 0 Å². The lowest BCUT2D eigenvalue weighted by atomic mass is 9.62. The first-order chi connectivity index (χ1) is 30.2. The summed E-state index contributed by atoms with van der Waals surface area (Å²) in [5, 5.41) is 0. The third-order valence-electron chi connectivity index (χ3n) is 18.5. The van der Waals surface area contributed by atoms with Gasteiger partial charge >= 0.3 is 0 Å². The molecule has 65 heavy (non-hydrogen) atoms. The fourth-order valence-electron chi connectivity index (χ4n) is 13.9. The summed E-state index contributed by atoms with van der Waals surface area (Å²) in [4.78, 5) is 39.0. The molecule has 0 spiro atoms. The molecule has 7 atom stereocenters. The second kappa shape index (κ2) is 18.2. The van der Waals surface area contributed by atoms with Gasteiger partial charge in [-0.1, -0.05) is 194 Å². The van der Waals surface area contributed by atoms with Gasteiger partial charge in [-0.25, -0.2) is 0 Å². The van der Waals surface area contributed by atoms with Crippen LogP contribution in [-0.2, 0) is 14.4 Å². The average molecular weight is 877 g/mol. The summed E-state index contributed by atoms with van der Waals surface area (Å²) in [5.74, 6) is 4.78. The maximum absolute atomic E-state index is 13.2. The molecule has 0 amide bonds. The Kier molecular flexibility index (Phi) is 14.1. The van der Waals surface area contributed by atoms with E-state index in [2.05, 4.69) is 197 Å². The molecule has 0 N–H and O–H groups in total. The van der Waals surface area contributed by atoms with Crippen molar-refractivity contribution in [3.05, 3.63) is 123 Å². The van der Waals surface area contributed by atoms with Crippen LogP contribution in [-0.4, -0.2) is 17.3 Å². The number of ketones is 3. The number of hydrogen-bond donors (Lipinski definition) is 0. The number of benzene rings is 3. The topological polar surface area (TPSA) is 51.2 Å². The van der Waals surface area contributed by atoms with Gasteiger partial charge in [-0.15, -0.1) is 0 Å². The van der Waals surface area contributed by atoms with E-state index >= 15 is 0 Å². The van der Waals surface area contributed by atoms with E-state index in [1.54, 1.807) is 0 Å². The molecule has 6 aliphatic rings. The van der Waals surface area contributed by atoms with Crippen LogP contribution in [0.1, 0.15) is 164 Å². The molecule has 6 aliphatic carbocycles. The van der Waals surface area contributed by atoms with E-state index in [1.165, 1.54) is 11.1 Å². The van der Waals surface area contributed by atoms with Gasteiger partial charge in [-0.05, 0) is 155 Å². The first kappa shape index (κ1) is 50.3. The zero-order chi connectivity index (χ0) is 48.2. The third kappa shape index (κ3) is 8.37. The Morgan fingerprint density at radius 3 is 1.31 bits per heavy atom. The summed E-state index contributed by atoms with van der Waals surface area (Å²) < 4.78 is 0. The molecule has 0 saturated heterocycles. The minimum atomic E-state index is -0.206. The summed E-state index contributed by atoms with van der Waals surface area (Å²) in [6.45, 7) is 37.8. The number of hydrogen-bond acceptors (Lipinski definition) is 3. The van der Waals surface area contributed by atoms with Gasteiger partial charge in [0.25, 0.3) is 0 Å². The molecule has 0 aliphatic heterocycles. The van der Waals surface area contributed by atoms with Crippen LogP contribution in [0.15, 0.2) is 95.6 Å². The maximum Gasteiger partial charge on any atom is 0.166 e. The molecule has 9 rings (SSSR count). The van der Waals surface area contributed by atoms with E-state index in [-0.39, 0.29) is 32.5 Å². The van der Waals surface area contributed by atoms with Gasteiger partial charge in [0, 0.05) is 16.2 Å². The molecule has 6 saturated carbocycles. The van der Waals surface area contributed by atoms with Gasteiger partial charge < -0.3 is 0 Å². The van der Waals surface area contributed by atoms with Crippen molar-refractivity contribution in [1.29, 1.82) is 0 Å². The zero-order valence-corrected chi connectivity index (χ0v) is 43.5. The third-order valence-corrected chi connectivity index (χ3v) is 18.5. The van der Waals surface area contributed by atoms with E-state index in [9.17, 15) is 14.4 Å². The first-order valence-electron chi connectivity index (χ1n) is 25.2. The lowest BCUT2D eigenvalue weighted by Crippen LogP contribution is -2.40. The van der Waals surface area contributed by atoms with Crippen LogP contribution < -0.4 is 0 Å². The van der Waals surface area contributed by atoms with E-state index in [0.717, 1.165) is 71.4 Å². The molecular formula is C62H84O3. The molecule has 7 unspecified atom stereocenters. The second-order valence-corrected chi connectivity index (χ2v) is 24.4. The molecule has 350 valence electrons. The Morgan fingerprint density at radius 2 is 0.908 bits per heavy atom. The Balaban J connectivity index is 0.000000156. The fraction of sp³-hybridized carbons (Fsp3) is 0.565. The molecular weight excluding hydrogens is 793 g/mol. The average Bonchev–Trinajstić information content (AvgIpc) is 3.86. The molecule has 0 aromatic heterocycles. The van der Waals surface area contributed by atoms with Crippen molar-refractivity contribution in [3.63, 3.8) is 0 Å². The summed E-state index contributed by atoms with van der Waals surface area (Å²) in [6, 6.07) is 27.2. The number of rotatable bonds is 5. The SMILES string of the molecule is CC(C)C.CC12CCC(/C(=C\c3ccccc3)C1=O)C2(C)C.Cc1ccc(/C=C2/C(=O)C3(C(C)C)CCC2C3(C)C)cc1.Cc1ccc(/C=C2/C(=O)C3(C)C(C(C)C)CC2C3(C)C)cc1. The quantitative estimate of drug-likeness (QED) is 0.240. The minimum Gasteiger partial charge on any atom is -0.294 e. The Hall–Kier alpha value is -4.11. The molecule has 3 nitrogen and oxygen atoms in total. The molecule has 6 bridgehead atoms. The number of fused-ring (bicyclic) bond motifs is 6. The summed E-state index contributed by atoms with van der Waals surface area (Å²) in [5.41, 5.74) is 8.95. The van der Waals surface area contributed by atoms with Crippen molar-refractivity contribution in [2.75, 3.05) is 0 Å². The monoisotopic (exact) mass is 877 g/mol. The van der Waals surface area contributed by atoms with Gasteiger partial charge in [-0.2, -0.15) is 0 Å². The largest absolute Gasteiger partial charge is 0.294 e. The lowest BCUT2D eigenvalue weighted by molar-refractivity contribution is -0.130. The van der Waals surface area contributed by atoms with Crippen LogP contribution in [0, 0.1) is 87.8 Å². The molecule has 3 aromatic carbocycles. The fourth-order valence-corrected chi connectivity index (χ4v) is 13.9. The van der Waals surface area contributed by atoms with Crippen LogP contribution in [0.25, 0.3) is 18.2 Å². The highest BCUT2D eigenvalue weighted by Gasteiger charge is 2.69.